The summed E-state index contributed by atoms with van der Waals surface area (Å²) in [4.78, 5) is 21.6. The minimum atomic E-state index is -2.41. The number of carboxylic acids is 1. The average molecular weight is 169 g/mol. The molecule has 0 aromatic heterocycles. The summed E-state index contributed by atoms with van der Waals surface area (Å²) in [6, 6.07) is 0. The molecule has 0 aromatic rings. The Bertz CT molecular complexity index is 257. The summed E-state index contributed by atoms with van der Waals surface area (Å²) in [5, 5.41) is 8.49. The number of rotatable bonds is 4. The van der Waals surface area contributed by atoms with E-state index < -0.39 is 37.5 Å². The zero-order valence-electron chi connectivity index (χ0n) is 10.0. The highest BCUT2D eigenvalue weighted by Gasteiger charge is 2.19. The van der Waals surface area contributed by atoms with E-state index in [0.717, 1.165) is 7.11 Å². The highest BCUT2D eigenvalue weighted by molar-refractivity contribution is 5.78. The van der Waals surface area contributed by atoms with E-state index in [1.807, 2.05) is 0 Å². The molecule has 0 rings (SSSR count). The fourth-order valence-electron chi connectivity index (χ4n) is 0.493. The molecule has 0 saturated heterocycles. The lowest BCUT2D eigenvalue weighted by Gasteiger charge is -2.08. The quantitative estimate of drug-likeness (QED) is 0.496. The number of hydrogen-bond acceptors (Lipinski definition) is 3. The van der Waals surface area contributed by atoms with Gasteiger partial charge in [0.15, 0.2) is 0 Å². The Morgan fingerprint density at radius 3 is 2.91 bits per heavy atom. The largest absolute Gasteiger partial charge is 0.481 e. The third-order valence-electron chi connectivity index (χ3n) is 0.990. The van der Waals surface area contributed by atoms with Gasteiger partial charge in [-0.05, 0) is 6.40 Å². The Kier molecular flexibility index (Phi) is 2.03. The van der Waals surface area contributed by atoms with E-state index in [1.165, 1.54) is 0 Å². The molecule has 2 atom stereocenters. The molecule has 0 saturated carbocycles. The molecule has 0 bridgehead atoms. The molecular weight excluding hydrogens is 153 g/mol. The van der Waals surface area contributed by atoms with Gasteiger partial charge >= 0.3 is 11.9 Å². The van der Waals surface area contributed by atoms with Crippen LogP contribution in [0, 0.1) is 5.89 Å². The average Bonchev–Trinajstić information content (AvgIpc) is 2.13. The van der Waals surface area contributed by atoms with E-state index in [1.54, 1.807) is 0 Å². The number of carbonyl (C=O) groups is 2. The standard InChI is InChI=1S/C7H12O4/c1-3-5(4-6(8)9)7(10)11-2/h5H,3-4H2,1-2H3,(H,8,9)/t5-/m0/s1/i1+1D2,3+1D,4+1,5+1D,6+1/t3-,5+/m1. The summed E-state index contributed by atoms with van der Waals surface area (Å²) >= 11 is 0. The van der Waals surface area contributed by atoms with Crippen LogP contribution < -0.4 is 0 Å². The number of hydrogen-bond donors (Lipinski definition) is 1. The zero-order chi connectivity index (χ0) is 12.2. The summed E-state index contributed by atoms with van der Waals surface area (Å²) in [7, 11) is 0.961. The van der Waals surface area contributed by atoms with Crippen molar-refractivity contribution >= 4 is 11.9 Å². The molecule has 0 spiro atoms. The Hall–Kier alpha value is -1.06. The molecule has 1 N–H and O–H groups in total. The molecule has 4 nitrogen and oxygen atoms in total. The van der Waals surface area contributed by atoms with Crippen molar-refractivity contribution in [3.63, 3.8) is 0 Å². The number of ether oxygens (including phenoxy) is 1. The van der Waals surface area contributed by atoms with E-state index >= 15 is 0 Å². The second-order valence-electron chi connectivity index (χ2n) is 1.75. The highest BCUT2D eigenvalue weighted by Crippen LogP contribution is 2.09. The van der Waals surface area contributed by atoms with E-state index in [4.69, 9.17) is 10.6 Å². The van der Waals surface area contributed by atoms with E-state index in [0.29, 0.717) is 0 Å². The Morgan fingerprint density at radius 2 is 2.55 bits per heavy atom. The lowest BCUT2D eigenvalue weighted by atomic mass is 10.8. The molecule has 0 amide bonds. The lowest BCUT2D eigenvalue weighted by Crippen LogP contribution is -2.18. The third-order valence-corrected chi connectivity index (χ3v) is 0.990. The number of carbonyl (C=O) groups excluding carboxylic acids is 1. The van der Waals surface area contributed by atoms with Gasteiger partial charge in [0.2, 0.25) is 0 Å². The SMILES string of the molecule is [2H][13CH]([2H])[13C@@H]([2H])[13C@@]([2H])([13CH2][13C](=O)O)C(=O)OC. The van der Waals surface area contributed by atoms with Crippen LogP contribution in [0.1, 0.15) is 25.2 Å². The van der Waals surface area contributed by atoms with Crippen LogP contribution >= 0.6 is 0 Å². The van der Waals surface area contributed by atoms with Gasteiger partial charge in [-0.25, -0.2) is 0 Å². The molecule has 64 valence electrons. The Labute approximate surface area is 70.8 Å². The first-order valence-corrected chi connectivity index (χ1v) is 2.82. The monoisotopic (exact) mass is 169 g/mol. The fraction of sp³-hybridized carbons (Fsp3) is 0.714. The van der Waals surface area contributed by atoms with E-state index in [9.17, 15) is 9.59 Å². The van der Waals surface area contributed by atoms with Gasteiger partial charge in [0.1, 0.15) is 0 Å². The molecular formula is C7H12O4. The van der Waals surface area contributed by atoms with Crippen LogP contribution in [0.5, 0.6) is 0 Å². The third kappa shape index (κ3) is 3.60. The van der Waals surface area contributed by atoms with Crippen molar-refractivity contribution in [1.29, 1.82) is 0 Å². The minimum Gasteiger partial charge on any atom is -0.481 e. The molecule has 0 fully saturated rings. The van der Waals surface area contributed by atoms with E-state index in [-0.39, 0.29) is 0 Å². The van der Waals surface area contributed by atoms with Crippen LogP contribution in [0.25, 0.3) is 0 Å². The summed E-state index contributed by atoms with van der Waals surface area (Å²) in [5.41, 5.74) is 0. The molecule has 11 heavy (non-hydrogen) atoms. The maximum absolute atomic E-state index is 11.2. The second-order valence-corrected chi connectivity index (χ2v) is 1.75. The number of carboxylic acid groups (broad SMARTS) is 1. The normalized spacial score (nSPS) is 23.5. The predicted molar refractivity (Wildman–Crippen MR) is 38.0 cm³/mol. The van der Waals surface area contributed by atoms with Crippen LogP contribution in [0.15, 0.2) is 0 Å². The molecule has 0 heterocycles. The fourth-order valence-corrected chi connectivity index (χ4v) is 0.493. The summed E-state index contributed by atoms with van der Waals surface area (Å²) in [6.07, 6.45) is -2.75. The molecule has 0 radical (unpaired) electrons. The summed E-state index contributed by atoms with van der Waals surface area (Å²) < 4.78 is 32.8. The topological polar surface area (TPSA) is 63.6 Å². The summed E-state index contributed by atoms with van der Waals surface area (Å²) in [6.45, 7) is -1.79. The zero-order valence-corrected chi connectivity index (χ0v) is 6.03. The number of aliphatic carboxylic acids is 1. The van der Waals surface area contributed by atoms with Crippen molar-refractivity contribution in [2.45, 2.75) is 19.7 Å². The van der Waals surface area contributed by atoms with Crippen LogP contribution in [-0.4, -0.2) is 24.2 Å². The van der Waals surface area contributed by atoms with Gasteiger partial charge < -0.3 is 9.84 Å². The maximum atomic E-state index is 11.2. The minimum absolute atomic E-state index is 0.956. The predicted octanol–water partition coefficient (Wildman–Crippen LogP) is 0.660. The van der Waals surface area contributed by atoms with Gasteiger partial charge in [-0.1, -0.05) is 6.88 Å². The van der Waals surface area contributed by atoms with Gasteiger partial charge in [-0.3, -0.25) is 9.59 Å². The first-order chi connectivity index (χ1) is 6.75. The number of methoxy groups -OCH3 is 1. The van der Waals surface area contributed by atoms with Crippen molar-refractivity contribution in [2.75, 3.05) is 7.11 Å². The van der Waals surface area contributed by atoms with Crippen molar-refractivity contribution in [3.8, 4) is 0 Å². The maximum Gasteiger partial charge on any atom is 0.309 e. The first-order valence-electron chi connectivity index (χ1n) is 5.06. The molecule has 4 heteroatoms. The molecule has 0 aromatic carbocycles. The van der Waals surface area contributed by atoms with Crippen molar-refractivity contribution in [1.82, 2.24) is 0 Å². The molecule has 0 aliphatic carbocycles. The van der Waals surface area contributed by atoms with Crippen molar-refractivity contribution in [3.05, 3.63) is 0 Å². The van der Waals surface area contributed by atoms with Gasteiger partial charge in [0.05, 0.1) is 19.4 Å². The first kappa shape index (κ1) is 4.74. The van der Waals surface area contributed by atoms with Crippen molar-refractivity contribution in [2.24, 2.45) is 5.89 Å². The smallest absolute Gasteiger partial charge is 0.309 e. The Morgan fingerprint density at radius 1 is 1.91 bits per heavy atom. The Balaban J connectivity index is 5.00. The molecule has 0 aliphatic rings. The van der Waals surface area contributed by atoms with Crippen LogP contribution in [0.4, 0.5) is 0 Å². The van der Waals surface area contributed by atoms with Gasteiger partial charge in [-0.2, -0.15) is 0 Å². The molecule has 0 unspecified atom stereocenters. The van der Waals surface area contributed by atoms with E-state index in [2.05, 4.69) is 4.74 Å². The highest BCUT2D eigenvalue weighted by atomic mass is 16.5. The van der Waals surface area contributed by atoms with Gasteiger partial charge in [0.25, 0.3) is 0 Å². The van der Waals surface area contributed by atoms with Crippen LogP contribution in [0.3, 0.4) is 0 Å². The number of esters is 1. The van der Waals surface area contributed by atoms with Crippen LogP contribution in [0.2, 0.25) is 0 Å². The van der Waals surface area contributed by atoms with Gasteiger partial charge in [0, 0.05) is 5.48 Å². The van der Waals surface area contributed by atoms with Crippen molar-refractivity contribution < 1.29 is 24.9 Å². The summed E-state index contributed by atoms with van der Waals surface area (Å²) in [5.74, 6) is -5.07. The van der Waals surface area contributed by atoms with Crippen LogP contribution in [-0.2, 0) is 14.3 Å². The molecule has 0 aliphatic heterocycles. The van der Waals surface area contributed by atoms with Gasteiger partial charge in [-0.15, -0.1) is 0 Å². The second kappa shape index (κ2) is 4.71. The lowest BCUT2D eigenvalue weighted by molar-refractivity contribution is -0.150.